The molecule has 0 saturated carbocycles. The zero-order chi connectivity index (χ0) is 10.6. The fourth-order valence-corrected chi connectivity index (χ4v) is 3.72. The van der Waals surface area contributed by atoms with Gasteiger partial charge in [0, 0.05) is 19.0 Å². The summed E-state index contributed by atoms with van der Waals surface area (Å²) in [4.78, 5) is 0. The average molecular weight is 240 g/mol. The molecule has 1 fully saturated rings. The van der Waals surface area contributed by atoms with E-state index in [4.69, 9.17) is 11.6 Å². The highest BCUT2D eigenvalue weighted by Gasteiger charge is 2.27. The summed E-state index contributed by atoms with van der Waals surface area (Å²) in [6.45, 7) is 3.48. The Morgan fingerprint density at radius 3 is 2.79 bits per heavy atom. The lowest BCUT2D eigenvalue weighted by atomic mass is 9.97. The number of alkyl halides is 1. The Morgan fingerprint density at radius 1 is 1.50 bits per heavy atom. The molecule has 0 aromatic heterocycles. The highest BCUT2D eigenvalue weighted by molar-refractivity contribution is 7.89. The van der Waals surface area contributed by atoms with Crippen LogP contribution in [0.25, 0.3) is 0 Å². The zero-order valence-corrected chi connectivity index (χ0v) is 10.1. The molecule has 1 unspecified atom stereocenters. The molecule has 1 heterocycles. The Morgan fingerprint density at radius 2 is 2.21 bits per heavy atom. The molecule has 1 atom stereocenters. The predicted octanol–water partition coefficient (Wildman–Crippen LogP) is 1.68. The van der Waals surface area contributed by atoms with Gasteiger partial charge < -0.3 is 0 Å². The van der Waals surface area contributed by atoms with Crippen LogP contribution in [0.1, 0.15) is 26.2 Å². The van der Waals surface area contributed by atoms with Crippen LogP contribution in [-0.2, 0) is 10.0 Å². The van der Waals surface area contributed by atoms with Crippen molar-refractivity contribution in [3.05, 3.63) is 0 Å². The van der Waals surface area contributed by atoms with E-state index in [2.05, 4.69) is 6.92 Å². The maximum absolute atomic E-state index is 11.7. The maximum Gasteiger partial charge on any atom is 0.215 e. The van der Waals surface area contributed by atoms with Gasteiger partial charge in [0.15, 0.2) is 0 Å². The van der Waals surface area contributed by atoms with Gasteiger partial charge in [-0.1, -0.05) is 13.3 Å². The fraction of sp³-hybridized carbons (Fsp3) is 1.00. The van der Waals surface area contributed by atoms with Gasteiger partial charge in [0.05, 0.1) is 5.75 Å². The van der Waals surface area contributed by atoms with Crippen molar-refractivity contribution in [3.63, 3.8) is 0 Å². The highest BCUT2D eigenvalue weighted by atomic mass is 35.5. The molecule has 0 spiro atoms. The SMILES string of the molecule is CCC1CCCN(S(=O)(=O)CCCl)C1. The van der Waals surface area contributed by atoms with Crippen molar-refractivity contribution in [2.24, 2.45) is 5.92 Å². The molecule has 0 aliphatic carbocycles. The Balaban J connectivity index is 2.59. The summed E-state index contributed by atoms with van der Waals surface area (Å²) in [6, 6.07) is 0. The molecule has 1 rings (SSSR count). The van der Waals surface area contributed by atoms with Crippen LogP contribution in [0.15, 0.2) is 0 Å². The number of rotatable bonds is 4. The van der Waals surface area contributed by atoms with Crippen LogP contribution in [0.4, 0.5) is 0 Å². The van der Waals surface area contributed by atoms with E-state index in [9.17, 15) is 8.42 Å². The summed E-state index contributed by atoms with van der Waals surface area (Å²) >= 11 is 5.47. The second-order valence-corrected chi connectivity index (χ2v) is 6.25. The fourth-order valence-electron chi connectivity index (χ4n) is 1.84. The molecule has 0 bridgehead atoms. The summed E-state index contributed by atoms with van der Waals surface area (Å²) in [5.74, 6) is 0.800. The van der Waals surface area contributed by atoms with Crippen molar-refractivity contribution in [3.8, 4) is 0 Å². The van der Waals surface area contributed by atoms with Crippen molar-refractivity contribution < 1.29 is 8.42 Å². The van der Waals surface area contributed by atoms with Crippen LogP contribution in [0.5, 0.6) is 0 Å². The first-order chi connectivity index (χ1) is 6.60. The molecule has 3 nitrogen and oxygen atoms in total. The van der Waals surface area contributed by atoms with E-state index in [1.165, 1.54) is 0 Å². The Labute approximate surface area is 91.5 Å². The van der Waals surface area contributed by atoms with Crippen molar-refractivity contribution in [1.82, 2.24) is 4.31 Å². The topological polar surface area (TPSA) is 37.4 Å². The Kier molecular flexibility index (Phi) is 4.67. The minimum absolute atomic E-state index is 0.0744. The highest BCUT2D eigenvalue weighted by Crippen LogP contribution is 2.21. The standard InChI is InChI=1S/C9H18ClNO2S/c1-2-9-4-3-6-11(8-9)14(12,13)7-5-10/h9H,2-8H2,1H3. The first-order valence-corrected chi connectivity index (χ1v) is 7.28. The van der Waals surface area contributed by atoms with E-state index >= 15 is 0 Å². The molecule has 0 amide bonds. The first kappa shape index (κ1) is 12.3. The Hall–Kier alpha value is 0.200. The van der Waals surface area contributed by atoms with Gasteiger partial charge in [-0.25, -0.2) is 12.7 Å². The van der Waals surface area contributed by atoms with E-state index in [0.29, 0.717) is 19.0 Å². The second-order valence-electron chi connectivity index (χ2n) is 3.78. The van der Waals surface area contributed by atoms with E-state index in [-0.39, 0.29) is 11.6 Å². The minimum atomic E-state index is -3.08. The van der Waals surface area contributed by atoms with Gasteiger partial charge in [-0.2, -0.15) is 0 Å². The molecule has 1 aliphatic heterocycles. The van der Waals surface area contributed by atoms with Gasteiger partial charge in [-0.05, 0) is 18.8 Å². The second kappa shape index (κ2) is 5.33. The van der Waals surface area contributed by atoms with E-state index < -0.39 is 10.0 Å². The number of hydrogen-bond donors (Lipinski definition) is 0. The molecule has 14 heavy (non-hydrogen) atoms. The van der Waals surface area contributed by atoms with Gasteiger partial charge in [-0.3, -0.25) is 0 Å². The number of sulfonamides is 1. The number of halogens is 1. The smallest absolute Gasteiger partial charge is 0.212 e. The summed E-state index contributed by atoms with van der Waals surface area (Å²) < 4.78 is 25.0. The maximum atomic E-state index is 11.7. The van der Waals surface area contributed by atoms with Crippen LogP contribution in [0.3, 0.4) is 0 Å². The lowest BCUT2D eigenvalue weighted by molar-refractivity contribution is 0.262. The molecule has 0 aromatic carbocycles. The molecule has 5 heteroatoms. The van der Waals surface area contributed by atoms with Crippen molar-refractivity contribution in [2.75, 3.05) is 24.7 Å². The normalized spacial score (nSPS) is 25.1. The van der Waals surface area contributed by atoms with Gasteiger partial charge in [0.1, 0.15) is 0 Å². The molecule has 84 valence electrons. The number of hydrogen-bond acceptors (Lipinski definition) is 2. The molecule has 1 aliphatic rings. The summed E-state index contributed by atoms with van der Waals surface area (Å²) in [7, 11) is -3.08. The van der Waals surface area contributed by atoms with Crippen molar-refractivity contribution in [2.45, 2.75) is 26.2 Å². The lowest BCUT2D eigenvalue weighted by Gasteiger charge is -2.31. The monoisotopic (exact) mass is 239 g/mol. The largest absolute Gasteiger partial charge is 0.215 e. The molecule has 0 aromatic rings. The number of nitrogens with zero attached hydrogens (tertiary/aromatic N) is 1. The third kappa shape index (κ3) is 3.11. The van der Waals surface area contributed by atoms with Crippen LogP contribution in [0.2, 0.25) is 0 Å². The van der Waals surface area contributed by atoms with Crippen molar-refractivity contribution >= 4 is 21.6 Å². The zero-order valence-electron chi connectivity index (χ0n) is 8.58. The van der Waals surface area contributed by atoms with Crippen LogP contribution in [-0.4, -0.2) is 37.4 Å². The van der Waals surface area contributed by atoms with E-state index in [1.54, 1.807) is 4.31 Å². The Bertz CT molecular complexity index is 266. The summed E-state index contributed by atoms with van der Waals surface area (Å²) in [5, 5.41) is 0. The van der Waals surface area contributed by atoms with Crippen molar-refractivity contribution in [1.29, 1.82) is 0 Å². The predicted molar refractivity (Wildman–Crippen MR) is 59.1 cm³/mol. The molecule has 1 saturated heterocycles. The van der Waals surface area contributed by atoms with Gasteiger partial charge in [0.25, 0.3) is 0 Å². The third-order valence-corrected chi connectivity index (χ3v) is 5.04. The van der Waals surface area contributed by atoms with Gasteiger partial charge >= 0.3 is 0 Å². The van der Waals surface area contributed by atoms with E-state index in [1.807, 2.05) is 0 Å². The first-order valence-electron chi connectivity index (χ1n) is 5.14. The lowest BCUT2D eigenvalue weighted by Crippen LogP contribution is -2.41. The molecular formula is C9H18ClNO2S. The third-order valence-electron chi connectivity index (χ3n) is 2.79. The van der Waals surface area contributed by atoms with E-state index in [0.717, 1.165) is 19.3 Å². The van der Waals surface area contributed by atoms with Crippen LogP contribution < -0.4 is 0 Å². The quantitative estimate of drug-likeness (QED) is 0.700. The van der Waals surface area contributed by atoms with Gasteiger partial charge in [-0.15, -0.1) is 11.6 Å². The molecular weight excluding hydrogens is 222 g/mol. The van der Waals surface area contributed by atoms with Crippen LogP contribution >= 0.6 is 11.6 Å². The summed E-state index contributed by atoms with van der Waals surface area (Å²) in [6.07, 6.45) is 3.20. The summed E-state index contributed by atoms with van der Waals surface area (Å²) in [5.41, 5.74) is 0. The average Bonchev–Trinajstić information content (AvgIpc) is 2.18. The molecule has 0 radical (unpaired) electrons. The number of piperidine rings is 1. The minimum Gasteiger partial charge on any atom is -0.212 e. The molecule has 0 N–H and O–H groups in total. The van der Waals surface area contributed by atoms with Crippen LogP contribution in [0, 0.1) is 5.92 Å². The van der Waals surface area contributed by atoms with Gasteiger partial charge in [0.2, 0.25) is 10.0 Å².